The topological polar surface area (TPSA) is 3.24 Å². The third-order valence-corrected chi connectivity index (χ3v) is 3.66. The van der Waals surface area contributed by atoms with Crippen LogP contribution in [0.25, 0.3) is 0 Å². The molecule has 1 nitrogen and oxygen atoms in total. The Morgan fingerprint density at radius 3 is 2.45 bits per heavy atom. The number of fused-ring (bicyclic) bond motifs is 1. The zero-order chi connectivity index (χ0) is 8.01. The molecular weight excluding hydrogens is 134 g/mol. The normalized spacial score (nSPS) is 44.2. The molecule has 2 fully saturated rings. The van der Waals surface area contributed by atoms with E-state index in [0.29, 0.717) is 0 Å². The Kier molecular flexibility index (Phi) is 1.71. The summed E-state index contributed by atoms with van der Waals surface area (Å²) in [6.45, 7) is 9.80. The summed E-state index contributed by atoms with van der Waals surface area (Å²) in [6.07, 6.45) is 1.49. The van der Waals surface area contributed by atoms with Gasteiger partial charge in [-0.2, -0.15) is 0 Å². The molecule has 0 aromatic heterocycles. The number of hydrogen-bond acceptors (Lipinski definition) is 1. The molecule has 0 amide bonds. The predicted octanol–water partition coefficient (Wildman–Crippen LogP) is 1.98. The molecule has 0 radical (unpaired) electrons. The summed E-state index contributed by atoms with van der Waals surface area (Å²) in [5.74, 6) is 3.13. The average molecular weight is 153 g/mol. The van der Waals surface area contributed by atoms with Crippen LogP contribution in [0.1, 0.15) is 27.2 Å². The maximum atomic E-state index is 2.64. The van der Waals surface area contributed by atoms with E-state index in [2.05, 4.69) is 25.7 Å². The quantitative estimate of drug-likeness (QED) is 0.557. The highest BCUT2D eigenvalue weighted by Crippen LogP contribution is 2.45. The SMILES string of the molecule is CC1CC2CN(C(C)C)CC12. The van der Waals surface area contributed by atoms with Gasteiger partial charge in [0.1, 0.15) is 0 Å². The van der Waals surface area contributed by atoms with Crippen molar-refractivity contribution in [3.63, 3.8) is 0 Å². The van der Waals surface area contributed by atoms with Crippen molar-refractivity contribution in [3.8, 4) is 0 Å². The molecule has 1 saturated heterocycles. The van der Waals surface area contributed by atoms with E-state index in [1.807, 2.05) is 0 Å². The third kappa shape index (κ3) is 1.10. The molecule has 2 rings (SSSR count). The minimum Gasteiger partial charge on any atom is -0.300 e. The highest BCUT2D eigenvalue weighted by molar-refractivity contribution is 4.96. The standard InChI is InChI=1S/C10H19N/c1-7(2)11-5-9-4-8(3)10(9)6-11/h7-10H,4-6H2,1-3H3. The highest BCUT2D eigenvalue weighted by atomic mass is 15.2. The van der Waals surface area contributed by atoms with Gasteiger partial charge in [0.25, 0.3) is 0 Å². The molecule has 2 aliphatic rings. The Bertz CT molecular complexity index is 153. The average Bonchev–Trinajstić information content (AvgIpc) is 2.26. The minimum absolute atomic E-state index is 0.771. The van der Waals surface area contributed by atoms with Crippen LogP contribution in [0, 0.1) is 17.8 Å². The summed E-state index contributed by atoms with van der Waals surface area (Å²) in [5, 5.41) is 0. The van der Waals surface area contributed by atoms with Crippen LogP contribution in [-0.2, 0) is 0 Å². The Morgan fingerprint density at radius 1 is 1.27 bits per heavy atom. The van der Waals surface area contributed by atoms with Gasteiger partial charge >= 0.3 is 0 Å². The van der Waals surface area contributed by atoms with Crippen molar-refractivity contribution in [1.29, 1.82) is 0 Å². The van der Waals surface area contributed by atoms with Gasteiger partial charge in [-0.3, -0.25) is 0 Å². The van der Waals surface area contributed by atoms with E-state index in [-0.39, 0.29) is 0 Å². The molecule has 11 heavy (non-hydrogen) atoms. The monoisotopic (exact) mass is 153 g/mol. The number of nitrogens with zero attached hydrogens (tertiary/aromatic N) is 1. The number of likely N-dealkylation sites (tertiary alicyclic amines) is 1. The fourth-order valence-electron chi connectivity index (χ4n) is 2.70. The molecule has 1 saturated carbocycles. The van der Waals surface area contributed by atoms with Crippen LogP contribution < -0.4 is 0 Å². The second kappa shape index (κ2) is 2.48. The van der Waals surface area contributed by atoms with Crippen molar-refractivity contribution in [2.45, 2.75) is 33.2 Å². The maximum Gasteiger partial charge on any atom is 0.00388 e. The van der Waals surface area contributed by atoms with E-state index in [9.17, 15) is 0 Å². The number of rotatable bonds is 1. The summed E-state index contributed by atoms with van der Waals surface area (Å²) in [4.78, 5) is 2.64. The molecular formula is C10H19N. The Morgan fingerprint density at radius 2 is 2.00 bits per heavy atom. The summed E-state index contributed by atoms with van der Waals surface area (Å²) in [6, 6.07) is 0.771. The van der Waals surface area contributed by atoms with Crippen molar-refractivity contribution in [3.05, 3.63) is 0 Å². The van der Waals surface area contributed by atoms with Gasteiger partial charge < -0.3 is 4.90 Å². The van der Waals surface area contributed by atoms with Crippen LogP contribution in [0.15, 0.2) is 0 Å². The van der Waals surface area contributed by atoms with Crippen molar-refractivity contribution in [2.75, 3.05) is 13.1 Å². The molecule has 0 aromatic rings. The van der Waals surface area contributed by atoms with Crippen LogP contribution in [0.2, 0.25) is 0 Å². The zero-order valence-corrected chi connectivity index (χ0v) is 7.88. The predicted molar refractivity (Wildman–Crippen MR) is 47.5 cm³/mol. The zero-order valence-electron chi connectivity index (χ0n) is 7.88. The van der Waals surface area contributed by atoms with Crippen molar-refractivity contribution < 1.29 is 0 Å². The largest absolute Gasteiger partial charge is 0.300 e. The van der Waals surface area contributed by atoms with Crippen molar-refractivity contribution in [1.82, 2.24) is 4.90 Å². The van der Waals surface area contributed by atoms with Gasteiger partial charge in [0.15, 0.2) is 0 Å². The molecule has 0 aromatic carbocycles. The molecule has 1 heterocycles. The second-order valence-electron chi connectivity index (χ2n) is 4.68. The molecule has 0 bridgehead atoms. The lowest BCUT2D eigenvalue weighted by Gasteiger charge is -2.36. The fraction of sp³-hybridized carbons (Fsp3) is 1.00. The summed E-state index contributed by atoms with van der Waals surface area (Å²) in [7, 11) is 0. The minimum atomic E-state index is 0.771. The van der Waals surface area contributed by atoms with E-state index in [1.165, 1.54) is 19.5 Å². The summed E-state index contributed by atoms with van der Waals surface area (Å²) < 4.78 is 0. The first-order chi connectivity index (χ1) is 5.18. The molecule has 0 spiro atoms. The van der Waals surface area contributed by atoms with Gasteiger partial charge in [0.05, 0.1) is 0 Å². The van der Waals surface area contributed by atoms with E-state index >= 15 is 0 Å². The maximum absolute atomic E-state index is 2.64. The van der Waals surface area contributed by atoms with Gasteiger partial charge in [-0.05, 0) is 38.0 Å². The second-order valence-corrected chi connectivity index (χ2v) is 4.68. The lowest BCUT2D eigenvalue weighted by Crippen LogP contribution is -2.33. The summed E-state index contributed by atoms with van der Waals surface area (Å²) >= 11 is 0. The first-order valence-corrected chi connectivity index (χ1v) is 4.92. The smallest absolute Gasteiger partial charge is 0.00388 e. The van der Waals surface area contributed by atoms with Crippen molar-refractivity contribution >= 4 is 0 Å². The molecule has 0 N–H and O–H groups in total. The highest BCUT2D eigenvalue weighted by Gasteiger charge is 2.44. The Hall–Kier alpha value is -0.0400. The van der Waals surface area contributed by atoms with Gasteiger partial charge in [0, 0.05) is 19.1 Å². The lowest BCUT2D eigenvalue weighted by atomic mass is 9.68. The van der Waals surface area contributed by atoms with Crippen molar-refractivity contribution in [2.24, 2.45) is 17.8 Å². The molecule has 3 unspecified atom stereocenters. The van der Waals surface area contributed by atoms with Gasteiger partial charge in [-0.15, -0.1) is 0 Å². The van der Waals surface area contributed by atoms with E-state index < -0.39 is 0 Å². The van der Waals surface area contributed by atoms with Gasteiger partial charge in [-0.1, -0.05) is 6.92 Å². The first-order valence-electron chi connectivity index (χ1n) is 4.92. The molecule has 1 aliphatic carbocycles. The van der Waals surface area contributed by atoms with Crippen LogP contribution in [0.4, 0.5) is 0 Å². The fourth-order valence-corrected chi connectivity index (χ4v) is 2.70. The van der Waals surface area contributed by atoms with Crippen LogP contribution in [-0.4, -0.2) is 24.0 Å². The van der Waals surface area contributed by atoms with Gasteiger partial charge in [-0.25, -0.2) is 0 Å². The van der Waals surface area contributed by atoms with Crippen LogP contribution >= 0.6 is 0 Å². The van der Waals surface area contributed by atoms with Gasteiger partial charge in [0.2, 0.25) is 0 Å². The van der Waals surface area contributed by atoms with E-state index in [1.54, 1.807) is 0 Å². The molecule has 64 valence electrons. The molecule has 3 atom stereocenters. The third-order valence-electron chi connectivity index (χ3n) is 3.66. The van der Waals surface area contributed by atoms with Crippen LogP contribution in [0.3, 0.4) is 0 Å². The van der Waals surface area contributed by atoms with E-state index in [4.69, 9.17) is 0 Å². The Labute approximate surface area is 69.8 Å². The number of hydrogen-bond donors (Lipinski definition) is 0. The lowest BCUT2D eigenvalue weighted by molar-refractivity contribution is 0.139. The molecule has 1 heteroatoms. The Balaban J connectivity index is 1.93. The van der Waals surface area contributed by atoms with Crippen LogP contribution in [0.5, 0.6) is 0 Å². The summed E-state index contributed by atoms with van der Waals surface area (Å²) in [5.41, 5.74) is 0. The first kappa shape index (κ1) is 7.60. The molecule has 1 aliphatic heterocycles. The van der Waals surface area contributed by atoms with E-state index in [0.717, 1.165) is 23.8 Å².